The molecule has 0 radical (unpaired) electrons. The molecule has 0 aliphatic carbocycles. The maximum atomic E-state index is 13.5. The fraction of sp³-hybridized carbons (Fsp3) is 0.0667. The predicted molar refractivity (Wildman–Crippen MR) is 80.7 cm³/mol. The van der Waals surface area contributed by atoms with E-state index in [2.05, 4.69) is 5.32 Å². The van der Waals surface area contributed by atoms with Gasteiger partial charge in [0.2, 0.25) is 5.91 Å². The zero-order valence-electron chi connectivity index (χ0n) is 11.0. The third-order valence-corrected chi connectivity index (χ3v) is 3.61. The number of carbonyl (C=O) groups is 2. The van der Waals surface area contributed by atoms with E-state index < -0.39 is 17.6 Å². The van der Waals surface area contributed by atoms with Gasteiger partial charge < -0.3 is 11.1 Å². The first-order chi connectivity index (χ1) is 10.1. The lowest BCUT2D eigenvalue weighted by Gasteiger charge is -2.07. The average molecular weight is 304 g/mol. The van der Waals surface area contributed by atoms with Crippen molar-refractivity contribution in [2.45, 2.75) is 4.90 Å². The van der Waals surface area contributed by atoms with Crippen LogP contribution in [0.3, 0.4) is 0 Å². The van der Waals surface area contributed by atoms with Gasteiger partial charge in [-0.15, -0.1) is 11.8 Å². The number of amides is 2. The van der Waals surface area contributed by atoms with Crippen LogP contribution in [-0.4, -0.2) is 17.6 Å². The Kier molecular flexibility index (Phi) is 4.94. The molecular weight excluding hydrogens is 291 g/mol. The van der Waals surface area contributed by atoms with E-state index in [1.807, 2.05) is 0 Å². The average Bonchev–Trinajstić information content (AvgIpc) is 2.46. The van der Waals surface area contributed by atoms with Gasteiger partial charge in [-0.3, -0.25) is 9.59 Å². The Labute approximate surface area is 125 Å². The van der Waals surface area contributed by atoms with Crippen LogP contribution in [0.25, 0.3) is 0 Å². The van der Waals surface area contributed by atoms with Crippen LogP contribution < -0.4 is 11.1 Å². The molecule has 2 amide bonds. The third-order valence-electron chi connectivity index (χ3n) is 2.59. The van der Waals surface area contributed by atoms with Crippen LogP contribution in [-0.2, 0) is 4.79 Å². The van der Waals surface area contributed by atoms with Crippen LogP contribution in [0.4, 0.5) is 10.1 Å². The van der Waals surface area contributed by atoms with E-state index in [4.69, 9.17) is 5.73 Å². The summed E-state index contributed by atoms with van der Waals surface area (Å²) in [6, 6.07) is 12.7. The highest BCUT2D eigenvalue weighted by Gasteiger charge is 2.11. The Hall–Kier alpha value is -2.34. The number of anilines is 1. The van der Waals surface area contributed by atoms with Gasteiger partial charge in [0.25, 0.3) is 5.91 Å². The van der Waals surface area contributed by atoms with Crippen molar-refractivity contribution in [3.05, 3.63) is 59.9 Å². The predicted octanol–water partition coefficient (Wildman–Crippen LogP) is 2.66. The third kappa shape index (κ3) is 4.32. The van der Waals surface area contributed by atoms with Gasteiger partial charge in [0.15, 0.2) is 0 Å². The first kappa shape index (κ1) is 15.1. The van der Waals surface area contributed by atoms with Crippen LogP contribution in [0.15, 0.2) is 53.4 Å². The second kappa shape index (κ2) is 6.90. The largest absolute Gasteiger partial charge is 0.369 e. The molecule has 0 spiro atoms. The number of nitrogens with one attached hydrogen (secondary N) is 1. The van der Waals surface area contributed by atoms with E-state index in [0.717, 1.165) is 4.90 Å². The molecule has 3 N–H and O–H groups in total. The van der Waals surface area contributed by atoms with Crippen LogP contribution in [0.5, 0.6) is 0 Å². The number of rotatable bonds is 5. The Morgan fingerprint density at radius 2 is 1.90 bits per heavy atom. The molecule has 0 fully saturated rings. The van der Waals surface area contributed by atoms with Gasteiger partial charge >= 0.3 is 0 Å². The molecule has 0 heterocycles. The summed E-state index contributed by atoms with van der Waals surface area (Å²) in [4.78, 5) is 23.5. The zero-order valence-corrected chi connectivity index (χ0v) is 11.8. The van der Waals surface area contributed by atoms with Crippen molar-refractivity contribution < 1.29 is 14.0 Å². The summed E-state index contributed by atoms with van der Waals surface area (Å²) in [5.74, 6) is -1.36. The zero-order chi connectivity index (χ0) is 15.2. The van der Waals surface area contributed by atoms with Gasteiger partial charge in [-0.2, -0.15) is 0 Å². The second-order valence-corrected chi connectivity index (χ2v) is 5.27. The fourth-order valence-electron chi connectivity index (χ4n) is 1.66. The molecule has 0 saturated heterocycles. The molecule has 0 bridgehead atoms. The minimum atomic E-state index is -0.575. The SMILES string of the molecule is NC(=O)CSc1cccc(NC(=O)c2ccccc2F)c1. The maximum Gasteiger partial charge on any atom is 0.258 e. The first-order valence-electron chi connectivity index (χ1n) is 6.13. The second-order valence-electron chi connectivity index (χ2n) is 4.22. The van der Waals surface area contributed by atoms with E-state index in [9.17, 15) is 14.0 Å². The van der Waals surface area contributed by atoms with Gasteiger partial charge in [0.1, 0.15) is 5.82 Å². The van der Waals surface area contributed by atoms with E-state index in [0.29, 0.717) is 5.69 Å². The van der Waals surface area contributed by atoms with Crippen molar-refractivity contribution in [1.82, 2.24) is 0 Å². The Balaban J connectivity index is 2.09. The van der Waals surface area contributed by atoms with Crippen LogP contribution in [0, 0.1) is 5.82 Å². The smallest absolute Gasteiger partial charge is 0.258 e. The highest BCUT2D eigenvalue weighted by Crippen LogP contribution is 2.22. The normalized spacial score (nSPS) is 10.1. The molecule has 0 aromatic heterocycles. The molecule has 0 saturated carbocycles. The fourth-order valence-corrected chi connectivity index (χ4v) is 2.36. The van der Waals surface area contributed by atoms with Gasteiger partial charge in [-0.05, 0) is 30.3 Å². The molecule has 6 heteroatoms. The maximum absolute atomic E-state index is 13.5. The quantitative estimate of drug-likeness (QED) is 0.834. The van der Waals surface area contributed by atoms with E-state index in [1.165, 1.54) is 30.0 Å². The number of primary amides is 1. The Morgan fingerprint density at radius 1 is 1.14 bits per heavy atom. The van der Waals surface area contributed by atoms with Gasteiger partial charge in [0, 0.05) is 10.6 Å². The Bertz CT molecular complexity index is 676. The monoisotopic (exact) mass is 304 g/mol. The lowest BCUT2D eigenvalue weighted by atomic mass is 10.2. The molecule has 0 aliphatic rings. The number of hydrogen-bond acceptors (Lipinski definition) is 3. The van der Waals surface area contributed by atoms with E-state index in [-0.39, 0.29) is 11.3 Å². The minimum Gasteiger partial charge on any atom is -0.369 e. The van der Waals surface area contributed by atoms with Gasteiger partial charge in [0.05, 0.1) is 11.3 Å². The first-order valence-corrected chi connectivity index (χ1v) is 7.12. The summed E-state index contributed by atoms with van der Waals surface area (Å²) >= 11 is 1.27. The standard InChI is InChI=1S/C15H13FN2O2S/c16-13-7-2-1-6-12(13)15(20)18-10-4-3-5-11(8-10)21-9-14(17)19/h1-8H,9H2,(H2,17,19)(H,18,20). The molecule has 4 nitrogen and oxygen atoms in total. The molecule has 2 aromatic rings. The number of benzene rings is 2. The molecule has 2 aromatic carbocycles. The minimum absolute atomic E-state index is 0.0207. The number of thioether (sulfide) groups is 1. The molecule has 2 rings (SSSR count). The molecule has 0 aliphatic heterocycles. The van der Waals surface area contributed by atoms with Crippen molar-refractivity contribution >= 4 is 29.3 Å². The summed E-state index contributed by atoms with van der Waals surface area (Å²) in [6.45, 7) is 0. The molecule has 21 heavy (non-hydrogen) atoms. The Morgan fingerprint density at radius 3 is 2.62 bits per heavy atom. The number of hydrogen-bond donors (Lipinski definition) is 2. The van der Waals surface area contributed by atoms with Crippen LogP contribution in [0.2, 0.25) is 0 Å². The number of nitrogens with two attached hydrogens (primary N) is 1. The van der Waals surface area contributed by atoms with Crippen LogP contribution >= 0.6 is 11.8 Å². The molecule has 0 atom stereocenters. The van der Waals surface area contributed by atoms with Crippen molar-refractivity contribution in [3.8, 4) is 0 Å². The van der Waals surface area contributed by atoms with Gasteiger partial charge in [-0.25, -0.2) is 4.39 Å². The summed E-state index contributed by atoms with van der Waals surface area (Å²) in [5, 5.41) is 2.62. The van der Waals surface area contributed by atoms with E-state index in [1.54, 1.807) is 30.3 Å². The van der Waals surface area contributed by atoms with Crippen molar-refractivity contribution in [3.63, 3.8) is 0 Å². The number of halogens is 1. The highest BCUT2D eigenvalue weighted by atomic mass is 32.2. The van der Waals surface area contributed by atoms with Crippen molar-refractivity contribution in [2.24, 2.45) is 5.73 Å². The van der Waals surface area contributed by atoms with E-state index >= 15 is 0 Å². The van der Waals surface area contributed by atoms with Crippen molar-refractivity contribution in [1.29, 1.82) is 0 Å². The lowest BCUT2D eigenvalue weighted by molar-refractivity contribution is -0.115. The molecule has 0 unspecified atom stereocenters. The van der Waals surface area contributed by atoms with Crippen LogP contribution in [0.1, 0.15) is 10.4 Å². The lowest BCUT2D eigenvalue weighted by Crippen LogP contribution is -2.14. The molecule has 108 valence electrons. The van der Waals surface area contributed by atoms with Gasteiger partial charge in [-0.1, -0.05) is 18.2 Å². The summed E-state index contributed by atoms with van der Waals surface area (Å²) in [6.07, 6.45) is 0. The van der Waals surface area contributed by atoms with Crippen molar-refractivity contribution in [2.75, 3.05) is 11.1 Å². The number of carbonyl (C=O) groups excluding carboxylic acids is 2. The highest BCUT2D eigenvalue weighted by molar-refractivity contribution is 8.00. The summed E-state index contributed by atoms with van der Waals surface area (Å²) < 4.78 is 13.5. The summed E-state index contributed by atoms with van der Waals surface area (Å²) in [7, 11) is 0. The topological polar surface area (TPSA) is 72.2 Å². The summed E-state index contributed by atoms with van der Waals surface area (Å²) in [5.41, 5.74) is 5.59. The molecular formula is C15H13FN2O2S.